The molecule has 0 bridgehead atoms. The summed E-state index contributed by atoms with van der Waals surface area (Å²) in [5, 5.41) is 22.9. The molecule has 0 radical (unpaired) electrons. The Bertz CT molecular complexity index is 1080. The van der Waals surface area contributed by atoms with E-state index >= 15 is 0 Å². The SMILES string of the molecule is CCc1cc(-c2noc(-c3cc(C)nc(N(C)CC(C)C)c3)n2)cc(C)c1OCC(O)CO. The summed E-state index contributed by atoms with van der Waals surface area (Å²) in [5.74, 6) is 3.04. The van der Waals surface area contributed by atoms with Gasteiger partial charge in [0.2, 0.25) is 5.82 Å². The van der Waals surface area contributed by atoms with E-state index in [1.807, 2.05) is 52.1 Å². The molecule has 33 heavy (non-hydrogen) atoms. The molecular formula is C25H34N4O4. The lowest BCUT2D eigenvalue weighted by molar-refractivity contribution is 0.0531. The molecular weight excluding hydrogens is 420 g/mol. The second-order valence-corrected chi connectivity index (χ2v) is 8.84. The van der Waals surface area contributed by atoms with Crippen molar-refractivity contribution >= 4 is 5.82 Å². The van der Waals surface area contributed by atoms with E-state index in [9.17, 15) is 5.11 Å². The number of nitrogens with zero attached hydrogens (tertiary/aromatic N) is 4. The van der Waals surface area contributed by atoms with E-state index < -0.39 is 6.10 Å². The molecule has 3 aromatic rings. The molecule has 0 aliphatic heterocycles. The van der Waals surface area contributed by atoms with Crippen LogP contribution in [0.3, 0.4) is 0 Å². The molecule has 1 unspecified atom stereocenters. The predicted octanol–water partition coefficient (Wildman–Crippen LogP) is 3.80. The Morgan fingerprint density at radius 3 is 2.52 bits per heavy atom. The number of aromatic nitrogens is 3. The second kappa shape index (κ2) is 10.8. The van der Waals surface area contributed by atoms with Gasteiger partial charge in [-0.05, 0) is 61.6 Å². The average molecular weight is 455 g/mol. The highest BCUT2D eigenvalue weighted by atomic mass is 16.5. The van der Waals surface area contributed by atoms with Crippen LogP contribution in [0.25, 0.3) is 22.8 Å². The van der Waals surface area contributed by atoms with E-state index in [1.54, 1.807) is 0 Å². The number of aryl methyl sites for hydroxylation is 3. The number of ether oxygens (including phenoxy) is 1. The van der Waals surface area contributed by atoms with E-state index in [2.05, 4.69) is 33.9 Å². The van der Waals surface area contributed by atoms with Crippen molar-refractivity contribution < 1.29 is 19.5 Å². The Kier molecular flexibility index (Phi) is 8.05. The van der Waals surface area contributed by atoms with Gasteiger partial charge in [0.25, 0.3) is 5.89 Å². The third-order valence-corrected chi connectivity index (χ3v) is 5.26. The zero-order valence-electron chi connectivity index (χ0n) is 20.3. The maximum Gasteiger partial charge on any atom is 0.258 e. The maximum atomic E-state index is 9.62. The van der Waals surface area contributed by atoms with Crippen LogP contribution in [0.4, 0.5) is 5.82 Å². The third kappa shape index (κ3) is 6.09. The second-order valence-electron chi connectivity index (χ2n) is 8.84. The van der Waals surface area contributed by atoms with E-state index in [4.69, 9.17) is 14.4 Å². The molecule has 2 heterocycles. The monoisotopic (exact) mass is 454 g/mol. The van der Waals surface area contributed by atoms with Gasteiger partial charge in [-0.25, -0.2) is 4.98 Å². The minimum atomic E-state index is -0.915. The van der Waals surface area contributed by atoms with Crippen LogP contribution in [-0.2, 0) is 6.42 Å². The first-order valence-electron chi connectivity index (χ1n) is 11.3. The lowest BCUT2D eigenvalue weighted by Gasteiger charge is -2.21. The largest absolute Gasteiger partial charge is 0.490 e. The molecule has 8 nitrogen and oxygen atoms in total. The molecule has 2 N–H and O–H groups in total. The smallest absolute Gasteiger partial charge is 0.258 e. The van der Waals surface area contributed by atoms with Gasteiger partial charge in [0.1, 0.15) is 24.3 Å². The summed E-state index contributed by atoms with van der Waals surface area (Å²) in [6, 6.07) is 7.82. The number of anilines is 1. The van der Waals surface area contributed by atoms with Gasteiger partial charge in [0.15, 0.2) is 0 Å². The van der Waals surface area contributed by atoms with Crippen LogP contribution in [-0.4, -0.2) is 58.2 Å². The van der Waals surface area contributed by atoms with Crippen molar-refractivity contribution in [3.05, 3.63) is 41.1 Å². The molecule has 1 aromatic carbocycles. The first-order valence-corrected chi connectivity index (χ1v) is 11.3. The lowest BCUT2D eigenvalue weighted by Crippen LogP contribution is -2.23. The molecule has 2 aromatic heterocycles. The van der Waals surface area contributed by atoms with Crippen LogP contribution in [0.2, 0.25) is 0 Å². The fourth-order valence-corrected chi connectivity index (χ4v) is 3.75. The highest BCUT2D eigenvalue weighted by molar-refractivity contribution is 5.65. The first kappa shape index (κ1) is 24.7. The Balaban J connectivity index is 1.90. The van der Waals surface area contributed by atoms with Gasteiger partial charge in [-0.2, -0.15) is 4.98 Å². The topological polar surface area (TPSA) is 105 Å². The molecule has 0 spiro atoms. The van der Waals surface area contributed by atoms with Gasteiger partial charge in [0, 0.05) is 30.4 Å². The quantitative estimate of drug-likeness (QED) is 0.477. The number of benzene rings is 1. The fraction of sp³-hybridized carbons (Fsp3) is 0.480. The van der Waals surface area contributed by atoms with Crippen molar-refractivity contribution in [1.82, 2.24) is 15.1 Å². The predicted molar refractivity (Wildman–Crippen MR) is 129 cm³/mol. The van der Waals surface area contributed by atoms with E-state index in [1.165, 1.54) is 0 Å². The van der Waals surface area contributed by atoms with Gasteiger partial charge < -0.3 is 24.4 Å². The Hall–Kier alpha value is -2.97. The van der Waals surface area contributed by atoms with Crippen LogP contribution >= 0.6 is 0 Å². The highest BCUT2D eigenvalue weighted by Crippen LogP contribution is 2.32. The van der Waals surface area contributed by atoms with Crippen LogP contribution in [0.5, 0.6) is 5.75 Å². The Morgan fingerprint density at radius 2 is 1.85 bits per heavy atom. The number of aliphatic hydroxyl groups is 2. The van der Waals surface area contributed by atoms with Gasteiger partial charge in [0.05, 0.1) is 6.61 Å². The Morgan fingerprint density at radius 1 is 1.09 bits per heavy atom. The average Bonchev–Trinajstić information content (AvgIpc) is 3.27. The number of hydrogen-bond acceptors (Lipinski definition) is 8. The summed E-state index contributed by atoms with van der Waals surface area (Å²) < 4.78 is 11.4. The summed E-state index contributed by atoms with van der Waals surface area (Å²) in [7, 11) is 2.03. The van der Waals surface area contributed by atoms with E-state index in [0.717, 1.165) is 46.7 Å². The molecule has 0 saturated heterocycles. The minimum absolute atomic E-state index is 0.0328. The van der Waals surface area contributed by atoms with Crippen LogP contribution in [0, 0.1) is 19.8 Å². The normalized spacial score (nSPS) is 12.3. The highest BCUT2D eigenvalue weighted by Gasteiger charge is 2.17. The molecule has 178 valence electrons. The van der Waals surface area contributed by atoms with Crippen molar-refractivity contribution in [3.63, 3.8) is 0 Å². The van der Waals surface area contributed by atoms with Crippen LogP contribution < -0.4 is 9.64 Å². The van der Waals surface area contributed by atoms with Crippen molar-refractivity contribution in [1.29, 1.82) is 0 Å². The van der Waals surface area contributed by atoms with Crippen molar-refractivity contribution in [2.24, 2.45) is 5.92 Å². The van der Waals surface area contributed by atoms with Crippen molar-refractivity contribution in [2.45, 2.75) is 47.1 Å². The van der Waals surface area contributed by atoms with Gasteiger partial charge >= 0.3 is 0 Å². The van der Waals surface area contributed by atoms with Crippen molar-refractivity contribution in [2.75, 3.05) is 31.7 Å². The van der Waals surface area contributed by atoms with E-state index in [0.29, 0.717) is 23.4 Å². The number of pyridine rings is 1. The maximum absolute atomic E-state index is 9.62. The number of hydrogen-bond donors (Lipinski definition) is 2. The zero-order valence-corrected chi connectivity index (χ0v) is 20.3. The van der Waals surface area contributed by atoms with Gasteiger partial charge in [-0.15, -0.1) is 0 Å². The fourth-order valence-electron chi connectivity index (χ4n) is 3.75. The van der Waals surface area contributed by atoms with Crippen LogP contribution in [0.15, 0.2) is 28.8 Å². The molecule has 0 aliphatic carbocycles. The zero-order chi connectivity index (χ0) is 24.1. The summed E-state index contributed by atoms with van der Waals surface area (Å²) >= 11 is 0. The van der Waals surface area contributed by atoms with Crippen molar-refractivity contribution in [3.8, 4) is 28.6 Å². The Labute approximate surface area is 195 Å². The van der Waals surface area contributed by atoms with Crippen LogP contribution in [0.1, 0.15) is 37.6 Å². The molecule has 0 fully saturated rings. The molecule has 3 rings (SSSR count). The summed E-state index contributed by atoms with van der Waals surface area (Å²) in [6.07, 6.45) is -0.180. The molecule has 0 saturated carbocycles. The lowest BCUT2D eigenvalue weighted by atomic mass is 10.0. The summed E-state index contributed by atoms with van der Waals surface area (Å²) in [5.41, 5.74) is 4.42. The third-order valence-electron chi connectivity index (χ3n) is 5.26. The molecule has 0 aliphatic rings. The molecule has 8 heteroatoms. The molecule has 0 amide bonds. The van der Waals surface area contributed by atoms with Gasteiger partial charge in [-0.3, -0.25) is 0 Å². The van der Waals surface area contributed by atoms with Gasteiger partial charge in [-0.1, -0.05) is 25.9 Å². The standard InChI is InChI=1S/C25H34N4O4/c1-7-18-10-19(8-16(4)23(18)32-14-21(31)13-30)24-27-25(33-28-24)20-9-17(5)26-22(11-20)29(6)12-15(2)3/h8-11,15,21,30-31H,7,12-14H2,1-6H3. The number of rotatable bonds is 10. The first-order chi connectivity index (χ1) is 15.7. The minimum Gasteiger partial charge on any atom is -0.490 e. The molecule has 1 atom stereocenters. The summed E-state index contributed by atoms with van der Waals surface area (Å²) in [4.78, 5) is 11.4. The number of aliphatic hydroxyl groups excluding tert-OH is 2. The van der Waals surface area contributed by atoms with E-state index in [-0.39, 0.29) is 13.2 Å². The summed E-state index contributed by atoms with van der Waals surface area (Å²) in [6.45, 7) is 10.9.